The lowest BCUT2D eigenvalue weighted by Crippen LogP contribution is -2.17. The molecule has 1 aromatic heterocycles. The van der Waals surface area contributed by atoms with Crippen molar-refractivity contribution in [3.63, 3.8) is 0 Å². The van der Waals surface area contributed by atoms with E-state index < -0.39 is 61.8 Å². The molecule has 1 heterocycles. The molecular formula is C33H32N10O17S5. The number of nitrogens with zero attached hydrogens (tertiary/aromatic N) is 7. The molecule has 5 rings (SSSR count). The molecule has 0 amide bonds. The SMILES string of the molecule is O=Cc1cc(N=Nc2cccc(S(=O)(=O)O)c2)ccc1Nc1nc(NCCS(=O)(=O)O)nc(Nc2ccc(N=Nc3ccc(SOOO)cc3S(=O)(=O)O)cc2OCCCS(=O)(=O)O)n1. The van der Waals surface area contributed by atoms with Crippen molar-refractivity contribution in [2.24, 2.45) is 20.5 Å². The molecule has 5 aromatic rings. The molecule has 32 heteroatoms. The molecule has 8 N–H and O–H groups in total. The maximum Gasteiger partial charge on any atom is 0.296 e. The van der Waals surface area contributed by atoms with Crippen LogP contribution in [0.4, 0.5) is 52.0 Å². The smallest absolute Gasteiger partial charge is 0.296 e. The van der Waals surface area contributed by atoms with Gasteiger partial charge in [0.25, 0.3) is 40.5 Å². The summed E-state index contributed by atoms with van der Waals surface area (Å²) in [6, 6.07) is 16.5. The molecule has 0 radical (unpaired) electrons. The van der Waals surface area contributed by atoms with Crippen molar-refractivity contribution in [2.75, 3.05) is 40.6 Å². The lowest BCUT2D eigenvalue weighted by Gasteiger charge is -2.15. The van der Waals surface area contributed by atoms with Crippen LogP contribution in [0.25, 0.3) is 0 Å². The highest BCUT2D eigenvalue weighted by atomic mass is 32.2. The van der Waals surface area contributed by atoms with Gasteiger partial charge in [0.1, 0.15) is 16.3 Å². The number of aldehydes is 1. The zero-order chi connectivity index (χ0) is 47.4. The second-order valence-electron chi connectivity index (χ2n) is 12.5. The van der Waals surface area contributed by atoms with Gasteiger partial charge in [0.15, 0.2) is 6.29 Å². The molecule has 0 aliphatic heterocycles. The molecule has 0 aliphatic carbocycles. The normalized spacial score (nSPS) is 12.4. The van der Waals surface area contributed by atoms with Crippen LogP contribution in [0.1, 0.15) is 16.8 Å². The molecule has 0 saturated carbocycles. The van der Waals surface area contributed by atoms with Crippen molar-refractivity contribution in [3.05, 3.63) is 84.4 Å². The summed E-state index contributed by atoms with van der Waals surface area (Å²) in [6.45, 7) is -0.685. The van der Waals surface area contributed by atoms with Crippen molar-refractivity contribution >= 4 is 111 Å². The van der Waals surface area contributed by atoms with Crippen LogP contribution in [0.2, 0.25) is 0 Å². The van der Waals surface area contributed by atoms with Crippen LogP contribution in [0.3, 0.4) is 0 Å². The predicted octanol–water partition coefficient (Wildman–Crippen LogP) is 5.88. The lowest BCUT2D eigenvalue weighted by molar-refractivity contribution is -0.432. The number of rotatable bonds is 23. The average Bonchev–Trinajstić information content (AvgIpc) is 3.22. The van der Waals surface area contributed by atoms with E-state index in [0.717, 1.165) is 24.3 Å². The zero-order valence-corrected chi connectivity index (χ0v) is 36.5. The summed E-state index contributed by atoms with van der Waals surface area (Å²) in [6.07, 6.45) is 0.261. The second kappa shape index (κ2) is 21.7. The van der Waals surface area contributed by atoms with Crippen molar-refractivity contribution in [1.29, 1.82) is 0 Å². The Labute approximate surface area is 372 Å². The van der Waals surface area contributed by atoms with Crippen LogP contribution >= 0.6 is 12.0 Å². The third-order valence-corrected chi connectivity index (χ3v) is 11.6. The van der Waals surface area contributed by atoms with Gasteiger partial charge in [-0.3, -0.25) is 23.0 Å². The van der Waals surface area contributed by atoms with E-state index in [0.29, 0.717) is 18.3 Å². The van der Waals surface area contributed by atoms with Crippen LogP contribution in [0, 0.1) is 0 Å². The monoisotopic (exact) mass is 1000 g/mol. The van der Waals surface area contributed by atoms with Gasteiger partial charge in [0.2, 0.25) is 17.8 Å². The Morgan fingerprint density at radius 2 is 1.28 bits per heavy atom. The van der Waals surface area contributed by atoms with Gasteiger partial charge in [-0.05, 0) is 73.2 Å². The van der Waals surface area contributed by atoms with E-state index in [-0.39, 0.29) is 87.8 Å². The summed E-state index contributed by atoms with van der Waals surface area (Å²) in [5.41, 5.74) is 0.0790. The number of ether oxygens (including phenoxy) is 1. The minimum Gasteiger partial charge on any atom is -0.491 e. The highest BCUT2D eigenvalue weighted by Gasteiger charge is 2.19. The van der Waals surface area contributed by atoms with Gasteiger partial charge in [-0.15, -0.1) is 9.45 Å². The number of carbonyl (C=O) groups is 1. The van der Waals surface area contributed by atoms with E-state index in [1.54, 1.807) is 0 Å². The highest BCUT2D eigenvalue weighted by molar-refractivity contribution is 7.94. The minimum absolute atomic E-state index is 0.00173. The molecule has 27 nitrogen and oxygen atoms in total. The summed E-state index contributed by atoms with van der Waals surface area (Å²) >= 11 is 0.407. The molecule has 0 fully saturated rings. The van der Waals surface area contributed by atoms with Gasteiger partial charge < -0.3 is 20.7 Å². The molecule has 0 spiro atoms. The summed E-state index contributed by atoms with van der Waals surface area (Å²) < 4.78 is 140. The van der Waals surface area contributed by atoms with Crippen LogP contribution in [0.5, 0.6) is 5.75 Å². The quantitative estimate of drug-likeness (QED) is 0.00720. The van der Waals surface area contributed by atoms with E-state index >= 15 is 0 Å². The lowest BCUT2D eigenvalue weighted by atomic mass is 10.2. The highest BCUT2D eigenvalue weighted by Crippen LogP contribution is 2.35. The Hall–Kier alpha value is -6.17. The summed E-state index contributed by atoms with van der Waals surface area (Å²) in [5.74, 6) is -2.24. The van der Waals surface area contributed by atoms with Crippen molar-refractivity contribution in [2.45, 2.75) is 21.1 Å². The first-order valence-electron chi connectivity index (χ1n) is 17.6. The van der Waals surface area contributed by atoms with Gasteiger partial charge in [0, 0.05) is 23.1 Å². The number of benzene rings is 4. The first kappa shape index (κ1) is 49.8. The first-order valence-corrected chi connectivity index (χ1v) is 24.4. The summed E-state index contributed by atoms with van der Waals surface area (Å²) in [7, 11) is -18.2. The minimum atomic E-state index is -4.87. The third-order valence-electron chi connectivity index (χ3n) is 7.74. The molecule has 0 unspecified atom stereocenters. The Morgan fingerprint density at radius 1 is 0.662 bits per heavy atom. The number of hydrogen-bond acceptors (Lipinski definition) is 24. The molecule has 0 saturated heterocycles. The van der Waals surface area contributed by atoms with E-state index in [1.165, 1.54) is 54.6 Å². The summed E-state index contributed by atoms with van der Waals surface area (Å²) in [5, 5.41) is 36.1. The topological polar surface area (TPSA) is 407 Å². The number of azo groups is 2. The average molecular weight is 1000 g/mol. The maximum absolute atomic E-state index is 12.2. The van der Waals surface area contributed by atoms with Crippen molar-refractivity contribution in [1.82, 2.24) is 15.0 Å². The van der Waals surface area contributed by atoms with E-state index in [4.69, 9.17) is 9.99 Å². The van der Waals surface area contributed by atoms with Gasteiger partial charge in [-0.2, -0.15) is 64.0 Å². The van der Waals surface area contributed by atoms with Gasteiger partial charge in [0.05, 0.1) is 63.5 Å². The van der Waals surface area contributed by atoms with Crippen LogP contribution in [-0.2, 0) is 49.8 Å². The van der Waals surface area contributed by atoms with Crippen molar-refractivity contribution in [3.8, 4) is 5.75 Å². The number of anilines is 5. The van der Waals surface area contributed by atoms with Crippen LogP contribution in [0.15, 0.2) is 114 Å². The van der Waals surface area contributed by atoms with Gasteiger partial charge in [-0.25, -0.2) is 5.26 Å². The fourth-order valence-electron chi connectivity index (χ4n) is 4.97. The van der Waals surface area contributed by atoms with E-state index in [9.17, 15) is 56.7 Å². The van der Waals surface area contributed by atoms with Crippen LogP contribution < -0.4 is 20.7 Å². The fraction of sp³-hybridized carbons (Fsp3) is 0.152. The molecule has 65 heavy (non-hydrogen) atoms. The first-order chi connectivity index (χ1) is 30.6. The molecular weight excluding hydrogens is 969 g/mol. The predicted molar refractivity (Wildman–Crippen MR) is 228 cm³/mol. The molecule has 0 bridgehead atoms. The number of nitrogens with one attached hydrogen (secondary N) is 3. The standard InChI is InChI=1S/C33H32N10O17S5/c44-19-20-15-22(41-40-21-3-1-4-25(16-21)64(52,53)54)5-8-26(20)35-32-37-31(34-11-14-63(49,50)51)38-33(39-32)36-27-9-6-23(17-29(27)58-12-2-13-62(46,47)48)42-43-28-10-7-24(61-60-59-45)18-30(28)65(55,56)57/h1,3-10,15-19,45H,2,11-14H2,(H,46,47,48)(H,49,50,51)(H,52,53,54)(H,55,56,57)(H3,34,35,36,37,38,39). The fourth-order valence-corrected chi connectivity index (χ4v) is 7.45. The van der Waals surface area contributed by atoms with E-state index in [1.807, 2.05) is 0 Å². The number of carbonyl (C=O) groups excluding carboxylic acids is 1. The zero-order valence-electron chi connectivity index (χ0n) is 32.4. The molecule has 0 atom stereocenters. The number of hydrogen-bond donors (Lipinski definition) is 8. The Bertz CT molecular complexity index is 3070. The van der Waals surface area contributed by atoms with E-state index in [2.05, 4.69) is 60.7 Å². The molecule has 4 aromatic carbocycles. The van der Waals surface area contributed by atoms with Gasteiger partial charge >= 0.3 is 0 Å². The number of aromatic nitrogens is 3. The largest absolute Gasteiger partial charge is 0.491 e. The summed E-state index contributed by atoms with van der Waals surface area (Å²) in [4.78, 5) is 23.9. The third kappa shape index (κ3) is 16.1. The molecule has 346 valence electrons. The molecule has 0 aliphatic rings. The maximum atomic E-state index is 12.2. The van der Waals surface area contributed by atoms with Crippen LogP contribution in [-0.4, -0.2) is 103 Å². The Kier molecular flexibility index (Phi) is 16.6. The second-order valence-corrected chi connectivity index (χ2v) is 19.3. The Morgan fingerprint density at radius 3 is 1.91 bits per heavy atom. The Balaban J connectivity index is 1.47. The van der Waals surface area contributed by atoms with Gasteiger partial charge in [-0.1, -0.05) is 11.1 Å². The van der Waals surface area contributed by atoms with Crippen molar-refractivity contribution < 1.29 is 76.0 Å².